The number of hydrogen-bond donors (Lipinski definition) is 6. The van der Waals surface area contributed by atoms with E-state index in [2.05, 4.69) is 20.8 Å². The van der Waals surface area contributed by atoms with Crippen LogP contribution in [-0.2, 0) is 16.1 Å². The van der Waals surface area contributed by atoms with Gasteiger partial charge in [0.25, 0.3) is 5.95 Å². The topological polar surface area (TPSA) is 198 Å². The number of nitrogens with one attached hydrogen (secondary N) is 2. The molecule has 13 nitrogen and oxygen atoms in total. The van der Waals surface area contributed by atoms with Crippen LogP contribution >= 0.6 is 0 Å². The van der Waals surface area contributed by atoms with Crippen molar-refractivity contribution in [1.82, 2.24) is 20.8 Å². The van der Waals surface area contributed by atoms with Crippen LogP contribution in [0.15, 0.2) is 4.52 Å². The monoisotopic (exact) mass is 373 g/mol. The van der Waals surface area contributed by atoms with Crippen LogP contribution in [0.2, 0.25) is 0 Å². The summed E-state index contributed by atoms with van der Waals surface area (Å²) in [6.07, 6.45) is -2.12. The summed E-state index contributed by atoms with van der Waals surface area (Å²) >= 11 is 0. The molecule has 144 valence electrons. The van der Waals surface area contributed by atoms with Crippen LogP contribution in [0.5, 0.6) is 0 Å². The highest BCUT2D eigenvalue weighted by Crippen LogP contribution is 2.23. The maximum absolute atomic E-state index is 11.7. The van der Waals surface area contributed by atoms with Crippen LogP contribution in [0.3, 0.4) is 0 Å². The highest BCUT2D eigenvalue weighted by Gasteiger charge is 2.38. The van der Waals surface area contributed by atoms with Gasteiger partial charge < -0.3 is 40.5 Å². The van der Waals surface area contributed by atoms with E-state index in [1.54, 1.807) is 0 Å². The summed E-state index contributed by atoms with van der Waals surface area (Å²) in [4.78, 5) is 39.0. The van der Waals surface area contributed by atoms with Crippen molar-refractivity contribution in [3.05, 3.63) is 5.89 Å². The highest BCUT2D eigenvalue weighted by molar-refractivity contribution is 5.82. The third-order valence-corrected chi connectivity index (χ3v) is 3.71. The molecule has 1 aliphatic rings. The quantitative estimate of drug-likeness (QED) is 0.301. The minimum absolute atomic E-state index is 0.0236. The van der Waals surface area contributed by atoms with Gasteiger partial charge >= 0.3 is 18.0 Å². The second-order valence-electron chi connectivity index (χ2n) is 5.77. The van der Waals surface area contributed by atoms with Gasteiger partial charge in [-0.25, -0.2) is 14.4 Å². The van der Waals surface area contributed by atoms with Crippen LogP contribution in [0.1, 0.15) is 19.2 Å². The number of aliphatic carboxylic acids is 2. The molecule has 0 spiro atoms. The molecule has 6 N–H and O–H groups in total. The molecule has 2 rings (SSSR count). The van der Waals surface area contributed by atoms with E-state index in [0.717, 1.165) is 0 Å². The summed E-state index contributed by atoms with van der Waals surface area (Å²) in [5, 5.41) is 44.9. The van der Waals surface area contributed by atoms with Gasteiger partial charge in [0.05, 0.1) is 18.8 Å². The van der Waals surface area contributed by atoms with Gasteiger partial charge in [-0.15, -0.1) is 0 Å². The summed E-state index contributed by atoms with van der Waals surface area (Å²) in [5.74, 6) is -2.63. The SMILES string of the molecule is CC(O)C(NC(=O)NCc1nc(N2CC(O)CC2C(=O)O)no1)C(=O)O. The predicted octanol–water partition coefficient (Wildman–Crippen LogP) is -2.27. The fraction of sp³-hybridized carbons (Fsp3) is 0.615. The van der Waals surface area contributed by atoms with E-state index in [4.69, 9.17) is 14.7 Å². The highest BCUT2D eigenvalue weighted by atomic mass is 16.5. The number of aliphatic hydroxyl groups is 2. The molecule has 1 fully saturated rings. The Balaban J connectivity index is 1.93. The summed E-state index contributed by atoms with van der Waals surface area (Å²) in [6, 6.07) is -3.36. The number of carbonyl (C=O) groups is 3. The van der Waals surface area contributed by atoms with Crippen molar-refractivity contribution >= 4 is 23.9 Å². The molecule has 0 aromatic carbocycles. The summed E-state index contributed by atoms with van der Waals surface area (Å²) in [5.41, 5.74) is 0. The van der Waals surface area contributed by atoms with Crippen LogP contribution < -0.4 is 15.5 Å². The van der Waals surface area contributed by atoms with Crippen molar-refractivity contribution in [2.45, 2.75) is 44.2 Å². The Bertz CT molecular complexity index is 677. The van der Waals surface area contributed by atoms with Crippen molar-refractivity contribution in [3.8, 4) is 0 Å². The van der Waals surface area contributed by atoms with Crippen molar-refractivity contribution in [2.75, 3.05) is 11.4 Å². The van der Waals surface area contributed by atoms with E-state index in [1.165, 1.54) is 11.8 Å². The number of carbonyl (C=O) groups excluding carboxylic acids is 1. The number of carboxylic acids is 2. The second kappa shape index (κ2) is 7.97. The van der Waals surface area contributed by atoms with E-state index in [9.17, 15) is 24.6 Å². The van der Waals surface area contributed by atoms with Gasteiger partial charge in [0, 0.05) is 13.0 Å². The number of hydrogen-bond acceptors (Lipinski definition) is 9. The standard InChI is InChI=1S/C13H19N5O8/c1-5(19)9(11(23)24)16-13(25)14-3-8-15-12(17-26-8)18-4-6(20)2-7(18)10(21)22/h5-7,9,19-20H,2-4H2,1H3,(H,21,22)(H,23,24)(H2,14,16,25). The van der Waals surface area contributed by atoms with Crippen molar-refractivity contribution in [3.63, 3.8) is 0 Å². The zero-order valence-electron chi connectivity index (χ0n) is 13.7. The molecule has 1 aromatic heterocycles. The van der Waals surface area contributed by atoms with Crippen LogP contribution in [0.4, 0.5) is 10.7 Å². The molecule has 0 saturated carbocycles. The van der Waals surface area contributed by atoms with Crippen LogP contribution in [0.25, 0.3) is 0 Å². The first-order chi connectivity index (χ1) is 12.2. The predicted molar refractivity (Wildman–Crippen MR) is 82.2 cm³/mol. The molecule has 0 aliphatic carbocycles. The number of rotatable bonds is 7. The average molecular weight is 373 g/mol. The number of aliphatic hydroxyl groups excluding tert-OH is 2. The molecule has 1 saturated heterocycles. The molecular formula is C13H19N5O8. The average Bonchev–Trinajstić information content (AvgIpc) is 3.16. The lowest BCUT2D eigenvalue weighted by atomic mass is 10.2. The van der Waals surface area contributed by atoms with Crippen LogP contribution in [-0.4, -0.2) is 79.4 Å². The maximum Gasteiger partial charge on any atom is 0.328 e. The number of nitrogens with zero attached hydrogens (tertiary/aromatic N) is 3. The molecule has 26 heavy (non-hydrogen) atoms. The molecule has 2 heterocycles. The first-order valence-corrected chi connectivity index (χ1v) is 7.64. The lowest BCUT2D eigenvalue weighted by Crippen LogP contribution is -2.51. The number of aromatic nitrogens is 2. The van der Waals surface area contributed by atoms with E-state index in [1.807, 2.05) is 0 Å². The molecule has 2 amide bonds. The Labute approximate surface area is 146 Å². The number of anilines is 1. The van der Waals surface area contributed by atoms with Crippen molar-refractivity contribution < 1.29 is 39.3 Å². The Morgan fingerprint density at radius 3 is 2.65 bits per heavy atom. The normalized spacial score (nSPS) is 21.9. The largest absolute Gasteiger partial charge is 0.480 e. The fourth-order valence-corrected chi connectivity index (χ4v) is 2.44. The molecule has 4 atom stereocenters. The third kappa shape index (κ3) is 4.58. The fourth-order valence-electron chi connectivity index (χ4n) is 2.44. The van der Waals surface area contributed by atoms with E-state index in [-0.39, 0.29) is 31.3 Å². The lowest BCUT2D eigenvalue weighted by Gasteiger charge is -2.18. The molecule has 0 radical (unpaired) electrons. The van der Waals surface area contributed by atoms with E-state index >= 15 is 0 Å². The van der Waals surface area contributed by atoms with Gasteiger partial charge in [-0.1, -0.05) is 0 Å². The summed E-state index contributed by atoms with van der Waals surface area (Å²) in [7, 11) is 0. The molecular weight excluding hydrogens is 354 g/mol. The second-order valence-corrected chi connectivity index (χ2v) is 5.77. The first-order valence-electron chi connectivity index (χ1n) is 7.64. The van der Waals surface area contributed by atoms with Gasteiger partial charge in [0.15, 0.2) is 6.04 Å². The Morgan fingerprint density at radius 2 is 2.08 bits per heavy atom. The zero-order valence-corrected chi connectivity index (χ0v) is 13.7. The molecule has 13 heteroatoms. The van der Waals surface area contributed by atoms with Gasteiger partial charge in [0.1, 0.15) is 6.04 Å². The van der Waals surface area contributed by atoms with Crippen molar-refractivity contribution in [2.24, 2.45) is 0 Å². The Morgan fingerprint density at radius 1 is 1.38 bits per heavy atom. The summed E-state index contributed by atoms with van der Waals surface area (Å²) in [6.45, 7) is 0.990. The minimum atomic E-state index is -1.49. The number of β-amino-alcohol motifs (C(OH)–C–C–N with tert-alkyl or cyclic N) is 1. The minimum Gasteiger partial charge on any atom is -0.480 e. The van der Waals surface area contributed by atoms with Gasteiger partial charge in [0.2, 0.25) is 5.89 Å². The summed E-state index contributed by atoms with van der Waals surface area (Å²) < 4.78 is 4.91. The van der Waals surface area contributed by atoms with E-state index in [0.29, 0.717) is 0 Å². The number of amides is 2. The molecule has 1 aromatic rings. The first kappa shape index (κ1) is 19.4. The van der Waals surface area contributed by atoms with Crippen molar-refractivity contribution in [1.29, 1.82) is 0 Å². The Hall–Kier alpha value is -2.93. The molecule has 4 unspecified atom stereocenters. The third-order valence-electron chi connectivity index (χ3n) is 3.71. The number of carboxylic acid groups (broad SMARTS) is 2. The molecule has 0 bridgehead atoms. The maximum atomic E-state index is 11.7. The van der Waals surface area contributed by atoms with Gasteiger partial charge in [-0.05, 0) is 12.1 Å². The lowest BCUT2D eigenvalue weighted by molar-refractivity contribution is -0.142. The van der Waals surface area contributed by atoms with Gasteiger partial charge in [-0.2, -0.15) is 4.98 Å². The zero-order chi connectivity index (χ0) is 19.4. The van der Waals surface area contributed by atoms with Crippen LogP contribution in [0, 0.1) is 0 Å². The smallest absolute Gasteiger partial charge is 0.328 e. The van der Waals surface area contributed by atoms with E-state index < -0.39 is 42.3 Å². The van der Waals surface area contributed by atoms with Gasteiger partial charge in [-0.3, -0.25) is 0 Å². The number of urea groups is 1. The molecule has 1 aliphatic heterocycles. The Kier molecular flexibility index (Phi) is 5.94.